The van der Waals surface area contributed by atoms with Crippen LogP contribution < -0.4 is 5.32 Å². The molecule has 38 heavy (non-hydrogen) atoms. The van der Waals surface area contributed by atoms with Crippen LogP contribution in [0.25, 0.3) is 10.8 Å². The van der Waals surface area contributed by atoms with Crippen LogP contribution in [0.1, 0.15) is 37.3 Å². The van der Waals surface area contributed by atoms with Crippen LogP contribution in [0.4, 0.5) is 4.79 Å². The molecule has 2 unspecified atom stereocenters. The van der Waals surface area contributed by atoms with E-state index in [1.807, 2.05) is 59.5 Å². The highest BCUT2D eigenvalue weighted by Gasteiger charge is 2.50. The molecule has 5 rings (SSSR count). The molecule has 2 atom stereocenters. The van der Waals surface area contributed by atoms with Crippen molar-refractivity contribution in [2.45, 2.75) is 51.5 Å². The van der Waals surface area contributed by atoms with Gasteiger partial charge in [-0.05, 0) is 28.3 Å². The average molecular weight is 514 g/mol. The SMILES string of the molecule is CCCCC1C(=O)N(Cc2cccc3ccccc23)CC2N1C(=O)CN(C)N2C(=O)NCc1ccccc1. The lowest BCUT2D eigenvalue weighted by Crippen LogP contribution is -2.75. The van der Waals surface area contributed by atoms with E-state index in [1.165, 1.54) is 0 Å². The molecule has 2 saturated heterocycles. The normalized spacial score (nSPS) is 20.1. The molecule has 0 saturated carbocycles. The number of unbranched alkanes of at least 4 members (excludes halogenated alkanes) is 1. The number of urea groups is 1. The molecule has 0 aliphatic carbocycles. The second kappa shape index (κ2) is 11.2. The van der Waals surface area contributed by atoms with Gasteiger partial charge in [-0.3, -0.25) is 9.59 Å². The molecule has 1 N–H and O–H groups in total. The molecule has 2 aliphatic heterocycles. The second-order valence-corrected chi connectivity index (χ2v) is 10.1. The zero-order chi connectivity index (χ0) is 26.6. The number of hydrogen-bond donors (Lipinski definition) is 1. The Balaban J connectivity index is 1.44. The first-order chi connectivity index (χ1) is 18.5. The van der Waals surface area contributed by atoms with Crippen molar-refractivity contribution in [3.05, 3.63) is 83.9 Å². The van der Waals surface area contributed by atoms with Crippen molar-refractivity contribution < 1.29 is 14.4 Å². The summed E-state index contributed by atoms with van der Waals surface area (Å²) in [6, 6.07) is 23.1. The summed E-state index contributed by atoms with van der Waals surface area (Å²) in [5.41, 5.74) is 2.04. The minimum absolute atomic E-state index is 0.0501. The lowest BCUT2D eigenvalue weighted by Gasteiger charge is -2.54. The van der Waals surface area contributed by atoms with Crippen molar-refractivity contribution in [2.75, 3.05) is 20.1 Å². The van der Waals surface area contributed by atoms with Crippen LogP contribution in [0.3, 0.4) is 0 Å². The fraction of sp³-hybridized carbons (Fsp3) is 0.367. The largest absolute Gasteiger partial charge is 0.334 e. The predicted molar refractivity (Wildman–Crippen MR) is 146 cm³/mol. The van der Waals surface area contributed by atoms with E-state index in [-0.39, 0.29) is 30.9 Å². The Morgan fingerprint density at radius 3 is 2.50 bits per heavy atom. The molecule has 2 fully saturated rings. The van der Waals surface area contributed by atoms with E-state index in [4.69, 9.17) is 0 Å². The third-order valence-corrected chi connectivity index (χ3v) is 7.51. The molecule has 2 aliphatic rings. The minimum atomic E-state index is -0.589. The Labute approximate surface area is 223 Å². The van der Waals surface area contributed by atoms with Crippen LogP contribution in [0.5, 0.6) is 0 Å². The number of hydrogen-bond acceptors (Lipinski definition) is 4. The Kier molecular flexibility index (Phi) is 7.60. The van der Waals surface area contributed by atoms with Crippen molar-refractivity contribution in [1.82, 2.24) is 25.1 Å². The number of fused-ring (bicyclic) bond motifs is 2. The summed E-state index contributed by atoms with van der Waals surface area (Å²) in [5.74, 6) is -0.172. The van der Waals surface area contributed by atoms with Gasteiger partial charge in [-0.2, -0.15) is 0 Å². The van der Waals surface area contributed by atoms with Crippen LogP contribution in [-0.4, -0.2) is 70.0 Å². The first kappa shape index (κ1) is 25.7. The summed E-state index contributed by atoms with van der Waals surface area (Å²) in [4.78, 5) is 44.2. The standard InChI is InChI=1S/C30H35N5O3/c1-3-4-17-26-29(37)33(19-24-15-10-14-23-13-8-9-16-25(23)24)20-27-34(26)28(36)21-32(2)35(27)30(38)31-18-22-11-6-5-7-12-22/h5-16,26-27H,3-4,17-21H2,1-2H3,(H,31,38). The number of amides is 4. The number of rotatable bonds is 7. The van der Waals surface area contributed by atoms with E-state index in [2.05, 4.69) is 30.4 Å². The number of benzene rings is 3. The average Bonchev–Trinajstić information content (AvgIpc) is 2.93. The fourth-order valence-corrected chi connectivity index (χ4v) is 5.61. The summed E-state index contributed by atoms with van der Waals surface area (Å²) in [6.45, 7) is 3.18. The summed E-state index contributed by atoms with van der Waals surface area (Å²) in [6.07, 6.45) is 1.74. The number of hydrazine groups is 1. The summed E-state index contributed by atoms with van der Waals surface area (Å²) < 4.78 is 0. The number of carbonyl (C=O) groups is 3. The predicted octanol–water partition coefficient (Wildman–Crippen LogP) is 3.97. The van der Waals surface area contributed by atoms with E-state index in [1.54, 1.807) is 22.0 Å². The maximum absolute atomic E-state index is 13.8. The van der Waals surface area contributed by atoms with Gasteiger partial charge in [0.05, 0.1) is 13.1 Å². The van der Waals surface area contributed by atoms with Crippen LogP contribution in [0, 0.1) is 0 Å². The molecule has 2 heterocycles. The van der Waals surface area contributed by atoms with E-state index in [0.717, 1.165) is 34.7 Å². The van der Waals surface area contributed by atoms with Gasteiger partial charge in [0.25, 0.3) is 0 Å². The zero-order valence-electron chi connectivity index (χ0n) is 22.0. The molecule has 8 heteroatoms. The smallest absolute Gasteiger partial charge is 0.333 e. The van der Waals surface area contributed by atoms with Gasteiger partial charge in [0.1, 0.15) is 12.2 Å². The number of likely N-dealkylation sites (N-methyl/N-ethyl adjacent to an activating group) is 1. The summed E-state index contributed by atoms with van der Waals surface area (Å²) in [5, 5.41) is 8.52. The molecule has 0 radical (unpaired) electrons. The maximum atomic E-state index is 13.8. The monoisotopic (exact) mass is 513 g/mol. The molecule has 3 aromatic rings. The third-order valence-electron chi connectivity index (χ3n) is 7.51. The van der Waals surface area contributed by atoms with Crippen molar-refractivity contribution in [3.8, 4) is 0 Å². The van der Waals surface area contributed by atoms with Crippen molar-refractivity contribution >= 4 is 28.6 Å². The van der Waals surface area contributed by atoms with Gasteiger partial charge in [-0.15, -0.1) is 0 Å². The molecule has 4 amide bonds. The molecule has 8 nitrogen and oxygen atoms in total. The third kappa shape index (κ3) is 5.09. The maximum Gasteiger partial charge on any atom is 0.334 e. The van der Waals surface area contributed by atoms with Crippen LogP contribution in [0.2, 0.25) is 0 Å². The number of carbonyl (C=O) groups excluding carboxylic acids is 3. The molecule has 3 aromatic carbocycles. The highest BCUT2D eigenvalue weighted by molar-refractivity contribution is 5.92. The summed E-state index contributed by atoms with van der Waals surface area (Å²) in [7, 11) is 1.75. The van der Waals surface area contributed by atoms with E-state index < -0.39 is 12.2 Å². The summed E-state index contributed by atoms with van der Waals surface area (Å²) >= 11 is 0. The first-order valence-electron chi connectivity index (χ1n) is 13.4. The van der Waals surface area contributed by atoms with Crippen molar-refractivity contribution in [2.24, 2.45) is 0 Å². The number of piperazine rings is 1. The molecule has 198 valence electrons. The molecular weight excluding hydrogens is 478 g/mol. The molecule has 0 bridgehead atoms. The van der Waals surface area contributed by atoms with Gasteiger partial charge >= 0.3 is 6.03 Å². The highest BCUT2D eigenvalue weighted by atomic mass is 16.2. The van der Waals surface area contributed by atoms with Gasteiger partial charge in [-0.1, -0.05) is 92.6 Å². The van der Waals surface area contributed by atoms with Gasteiger partial charge in [0, 0.05) is 20.1 Å². The lowest BCUT2D eigenvalue weighted by atomic mass is 9.99. The molecule has 0 aromatic heterocycles. The lowest BCUT2D eigenvalue weighted by molar-refractivity contribution is -0.188. The fourth-order valence-electron chi connectivity index (χ4n) is 5.61. The van der Waals surface area contributed by atoms with Crippen molar-refractivity contribution in [3.63, 3.8) is 0 Å². The highest BCUT2D eigenvalue weighted by Crippen LogP contribution is 2.30. The van der Waals surface area contributed by atoms with Crippen LogP contribution >= 0.6 is 0 Å². The zero-order valence-corrected chi connectivity index (χ0v) is 22.0. The van der Waals surface area contributed by atoms with E-state index in [0.29, 0.717) is 19.5 Å². The Bertz CT molecular complexity index is 1310. The van der Waals surface area contributed by atoms with Crippen LogP contribution in [0.15, 0.2) is 72.8 Å². The molecular formula is C30H35N5O3. The van der Waals surface area contributed by atoms with Crippen molar-refractivity contribution in [1.29, 1.82) is 0 Å². The van der Waals surface area contributed by atoms with Gasteiger partial charge in [0.2, 0.25) is 11.8 Å². The first-order valence-corrected chi connectivity index (χ1v) is 13.4. The Morgan fingerprint density at radius 2 is 1.71 bits per heavy atom. The number of nitrogens with zero attached hydrogens (tertiary/aromatic N) is 4. The van der Waals surface area contributed by atoms with E-state index in [9.17, 15) is 14.4 Å². The Morgan fingerprint density at radius 1 is 0.974 bits per heavy atom. The molecule has 0 spiro atoms. The van der Waals surface area contributed by atoms with Crippen LogP contribution in [-0.2, 0) is 22.7 Å². The quantitative estimate of drug-likeness (QED) is 0.519. The van der Waals surface area contributed by atoms with Gasteiger partial charge in [0.15, 0.2) is 0 Å². The Hall–Kier alpha value is -3.91. The topological polar surface area (TPSA) is 76.2 Å². The van der Waals surface area contributed by atoms with Gasteiger partial charge in [-0.25, -0.2) is 14.8 Å². The van der Waals surface area contributed by atoms with E-state index >= 15 is 0 Å². The second-order valence-electron chi connectivity index (χ2n) is 10.1. The van der Waals surface area contributed by atoms with Gasteiger partial charge < -0.3 is 15.1 Å². The number of nitrogens with one attached hydrogen (secondary N) is 1. The minimum Gasteiger partial charge on any atom is -0.333 e.